The lowest BCUT2D eigenvalue weighted by Crippen LogP contribution is -2.50. The largest absolute Gasteiger partial charge is 0.340 e. The van der Waals surface area contributed by atoms with Crippen molar-refractivity contribution in [2.45, 2.75) is 26.2 Å². The molecule has 1 aliphatic carbocycles. The molecule has 1 saturated heterocycles. The van der Waals surface area contributed by atoms with Crippen molar-refractivity contribution in [1.82, 2.24) is 9.80 Å². The van der Waals surface area contributed by atoms with Gasteiger partial charge in [-0.15, -0.1) is 0 Å². The molecule has 22 heavy (non-hydrogen) atoms. The highest BCUT2D eigenvalue weighted by Crippen LogP contribution is 2.49. The first-order valence-electron chi connectivity index (χ1n) is 8.32. The van der Waals surface area contributed by atoms with Gasteiger partial charge >= 0.3 is 0 Å². The number of rotatable bonds is 4. The first-order valence-corrected chi connectivity index (χ1v) is 8.32. The number of nitrogens with zero attached hydrogens (tertiary/aromatic N) is 2. The van der Waals surface area contributed by atoms with Crippen molar-refractivity contribution in [3.05, 3.63) is 35.6 Å². The molecule has 0 N–H and O–H groups in total. The van der Waals surface area contributed by atoms with Gasteiger partial charge in [0.1, 0.15) is 5.82 Å². The number of halogens is 1. The number of hydrogen-bond donors (Lipinski definition) is 0. The third kappa shape index (κ3) is 3.32. The van der Waals surface area contributed by atoms with Gasteiger partial charge in [-0.3, -0.25) is 9.69 Å². The van der Waals surface area contributed by atoms with E-state index in [9.17, 15) is 9.18 Å². The van der Waals surface area contributed by atoms with E-state index in [0.717, 1.165) is 39.1 Å². The van der Waals surface area contributed by atoms with Gasteiger partial charge in [-0.05, 0) is 29.9 Å². The second-order valence-electron chi connectivity index (χ2n) is 6.99. The Morgan fingerprint density at radius 3 is 2.55 bits per heavy atom. The molecule has 1 aromatic rings. The first kappa shape index (κ1) is 15.5. The standard InChI is InChI=1S/C18H25FN2O/c1-13(2)12-20-7-9-21(10-8-20)18(22)16-11-15(16)14-5-3-4-6-17(14)19/h3-6,13,15-16H,7-12H2,1-2H3. The Balaban J connectivity index is 1.53. The van der Waals surface area contributed by atoms with Gasteiger partial charge in [0, 0.05) is 38.6 Å². The van der Waals surface area contributed by atoms with Crippen LogP contribution in [0.4, 0.5) is 4.39 Å². The zero-order valence-electron chi connectivity index (χ0n) is 13.5. The second kappa shape index (κ2) is 6.37. The average molecular weight is 304 g/mol. The average Bonchev–Trinajstić information content (AvgIpc) is 3.27. The molecule has 1 aliphatic heterocycles. The summed E-state index contributed by atoms with van der Waals surface area (Å²) in [5.41, 5.74) is 0.708. The lowest BCUT2D eigenvalue weighted by atomic mass is 10.1. The van der Waals surface area contributed by atoms with E-state index in [1.165, 1.54) is 6.07 Å². The normalized spacial score (nSPS) is 25.5. The van der Waals surface area contributed by atoms with Crippen LogP contribution in [0.1, 0.15) is 31.7 Å². The molecule has 1 saturated carbocycles. The molecule has 0 bridgehead atoms. The van der Waals surface area contributed by atoms with E-state index in [1.807, 2.05) is 17.0 Å². The van der Waals surface area contributed by atoms with Gasteiger partial charge < -0.3 is 4.90 Å². The third-order valence-corrected chi connectivity index (χ3v) is 4.72. The second-order valence-corrected chi connectivity index (χ2v) is 6.99. The molecule has 2 atom stereocenters. The lowest BCUT2D eigenvalue weighted by molar-refractivity contribution is -0.134. The van der Waals surface area contributed by atoms with E-state index in [1.54, 1.807) is 6.07 Å². The number of benzene rings is 1. The summed E-state index contributed by atoms with van der Waals surface area (Å²) in [4.78, 5) is 17.0. The van der Waals surface area contributed by atoms with E-state index < -0.39 is 0 Å². The van der Waals surface area contributed by atoms with Crippen molar-refractivity contribution in [2.75, 3.05) is 32.7 Å². The zero-order valence-corrected chi connectivity index (χ0v) is 13.5. The minimum absolute atomic E-state index is 0.00597. The van der Waals surface area contributed by atoms with Gasteiger partial charge in [0.05, 0.1) is 0 Å². The number of carbonyl (C=O) groups excluding carboxylic acids is 1. The molecule has 2 aliphatic rings. The van der Waals surface area contributed by atoms with Crippen LogP contribution in [0.3, 0.4) is 0 Å². The van der Waals surface area contributed by atoms with Crippen LogP contribution in [0.2, 0.25) is 0 Å². The fourth-order valence-electron chi connectivity index (χ4n) is 3.49. The Kier molecular flexibility index (Phi) is 4.48. The van der Waals surface area contributed by atoms with Gasteiger partial charge in [-0.1, -0.05) is 32.0 Å². The highest BCUT2D eigenvalue weighted by atomic mass is 19.1. The molecule has 1 amide bonds. The number of piperazine rings is 1. The predicted molar refractivity (Wildman–Crippen MR) is 85.1 cm³/mol. The Morgan fingerprint density at radius 1 is 1.23 bits per heavy atom. The quantitative estimate of drug-likeness (QED) is 0.854. The van der Waals surface area contributed by atoms with Crippen LogP contribution in [0.15, 0.2) is 24.3 Å². The first-order chi connectivity index (χ1) is 10.6. The Hall–Kier alpha value is -1.42. The van der Waals surface area contributed by atoms with Crippen molar-refractivity contribution < 1.29 is 9.18 Å². The van der Waals surface area contributed by atoms with Crippen molar-refractivity contribution >= 4 is 5.91 Å². The molecule has 0 spiro atoms. The molecule has 4 heteroatoms. The molecular formula is C18H25FN2O. The van der Waals surface area contributed by atoms with Crippen LogP contribution in [0.25, 0.3) is 0 Å². The molecule has 2 fully saturated rings. The van der Waals surface area contributed by atoms with Crippen LogP contribution >= 0.6 is 0 Å². The maximum absolute atomic E-state index is 13.8. The molecule has 120 valence electrons. The van der Waals surface area contributed by atoms with E-state index in [0.29, 0.717) is 11.5 Å². The van der Waals surface area contributed by atoms with Gasteiger partial charge in [0.25, 0.3) is 0 Å². The third-order valence-electron chi connectivity index (χ3n) is 4.72. The van der Waals surface area contributed by atoms with Crippen LogP contribution < -0.4 is 0 Å². The maximum Gasteiger partial charge on any atom is 0.226 e. The molecule has 3 rings (SSSR count). The van der Waals surface area contributed by atoms with Gasteiger partial charge in [0.15, 0.2) is 0 Å². The highest BCUT2D eigenvalue weighted by Gasteiger charge is 2.47. The van der Waals surface area contributed by atoms with Crippen LogP contribution in [0, 0.1) is 17.7 Å². The monoisotopic (exact) mass is 304 g/mol. The van der Waals surface area contributed by atoms with Crippen molar-refractivity contribution in [1.29, 1.82) is 0 Å². The maximum atomic E-state index is 13.8. The fraction of sp³-hybridized carbons (Fsp3) is 0.611. The molecule has 0 aromatic heterocycles. The number of hydrogen-bond acceptors (Lipinski definition) is 2. The van der Waals surface area contributed by atoms with Gasteiger partial charge in [0.2, 0.25) is 5.91 Å². The predicted octanol–water partition coefficient (Wildman–Crippen LogP) is 2.73. The molecule has 2 unspecified atom stereocenters. The Bertz CT molecular complexity index is 538. The topological polar surface area (TPSA) is 23.6 Å². The molecule has 0 radical (unpaired) electrons. The summed E-state index contributed by atoms with van der Waals surface area (Å²) in [6, 6.07) is 6.85. The smallest absolute Gasteiger partial charge is 0.226 e. The summed E-state index contributed by atoms with van der Waals surface area (Å²) < 4.78 is 13.8. The van der Waals surface area contributed by atoms with E-state index in [2.05, 4.69) is 18.7 Å². The Labute approximate surface area is 132 Å². The lowest BCUT2D eigenvalue weighted by Gasteiger charge is -2.35. The van der Waals surface area contributed by atoms with Crippen molar-refractivity contribution in [3.63, 3.8) is 0 Å². The number of carbonyl (C=O) groups is 1. The zero-order chi connectivity index (χ0) is 15.7. The molecule has 1 heterocycles. The summed E-state index contributed by atoms with van der Waals surface area (Å²) >= 11 is 0. The minimum atomic E-state index is -0.176. The molecule has 3 nitrogen and oxygen atoms in total. The van der Waals surface area contributed by atoms with Gasteiger partial charge in [-0.2, -0.15) is 0 Å². The van der Waals surface area contributed by atoms with Crippen molar-refractivity contribution in [2.24, 2.45) is 11.8 Å². The molecular weight excluding hydrogens is 279 g/mol. The summed E-state index contributed by atoms with van der Waals surface area (Å²) in [5.74, 6) is 0.786. The summed E-state index contributed by atoms with van der Waals surface area (Å²) in [6.45, 7) is 9.09. The van der Waals surface area contributed by atoms with Gasteiger partial charge in [-0.25, -0.2) is 4.39 Å². The Morgan fingerprint density at radius 2 is 1.91 bits per heavy atom. The SMILES string of the molecule is CC(C)CN1CCN(C(=O)C2CC2c2ccccc2F)CC1. The van der Waals surface area contributed by atoms with Crippen LogP contribution in [-0.4, -0.2) is 48.4 Å². The molecule has 1 aromatic carbocycles. The van der Waals surface area contributed by atoms with Crippen LogP contribution in [-0.2, 0) is 4.79 Å². The summed E-state index contributed by atoms with van der Waals surface area (Å²) in [6.07, 6.45) is 0.798. The van der Waals surface area contributed by atoms with Crippen LogP contribution in [0.5, 0.6) is 0 Å². The van der Waals surface area contributed by atoms with Crippen molar-refractivity contribution in [3.8, 4) is 0 Å². The summed E-state index contributed by atoms with van der Waals surface area (Å²) in [5, 5.41) is 0. The van der Waals surface area contributed by atoms with E-state index >= 15 is 0 Å². The fourth-order valence-corrected chi connectivity index (χ4v) is 3.49. The summed E-state index contributed by atoms with van der Waals surface area (Å²) in [7, 11) is 0. The number of amides is 1. The minimum Gasteiger partial charge on any atom is -0.340 e. The van der Waals surface area contributed by atoms with E-state index in [-0.39, 0.29) is 23.6 Å². The highest BCUT2D eigenvalue weighted by molar-refractivity contribution is 5.83. The van der Waals surface area contributed by atoms with E-state index in [4.69, 9.17) is 0 Å².